The van der Waals surface area contributed by atoms with E-state index >= 15 is 0 Å². The number of hydrogen-bond donors (Lipinski definition) is 3. The molecule has 0 spiro atoms. The van der Waals surface area contributed by atoms with Crippen LogP contribution < -0.4 is 16.4 Å². The van der Waals surface area contributed by atoms with Crippen molar-refractivity contribution in [2.24, 2.45) is 11.7 Å². The molecule has 1 aliphatic rings. The Labute approximate surface area is 142 Å². The van der Waals surface area contributed by atoms with Crippen molar-refractivity contribution in [2.45, 2.75) is 25.8 Å². The Morgan fingerprint density at radius 3 is 2.43 bits per heavy atom. The third-order valence-corrected chi connectivity index (χ3v) is 3.83. The van der Waals surface area contributed by atoms with Crippen molar-refractivity contribution >= 4 is 29.9 Å². The van der Waals surface area contributed by atoms with E-state index in [4.69, 9.17) is 10.5 Å². The van der Waals surface area contributed by atoms with Crippen molar-refractivity contribution in [3.63, 3.8) is 0 Å². The van der Waals surface area contributed by atoms with Crippen LogP contribution in [0.5, 0.6) is 0 Å². The maximum atomic E-state index is 12.2. The molecule has 2 amide bonds. The van der Waals surface area contributed by atoms with Crippen LogP contribution in [0.3, 0.4) is 0 Å². The molecule has 1 heterocycles. The smallest absolute Gasteiger partial charge is 0.251 e. The predicted molar refractivity (Wildman–Crippen MR) is 91.8 cm³/mol. The largest absolute Gasteiger partial charge is 0.381 e. The first-order valence-electron chi connectivity index (χ1n) is 7.64. The molecule has 1 fully saturated rings. The average Bonchev–Trinajstić information content (AvgIpc) is 2.55. The molecule has 0 aromatic heterocycles. The normalized spacial score (nSPS) is 16.1. The summed E-state index contributed by atoms with van der Waals surface area (Å²) in [5, 5.41) is 5.53. The first-order valence-corrected chi connectivity index (χ1v) is 7.64. The van der Waals surface area contributed by atoms with Gasteiger partial charge in [-0.2, -0.15) is 0 Å². The van der Waals surface area contributed by atoms with Crippen LogP contribution in [0.4, 0.5) is 5.69 Å². The summed E-state index contributed by atoms with van der Waals surface area (Å²) in [6.45, 7) is 3.77. The molecule has 6 nitrogen and oxygen atoms in total. The Hall–Kier alpha value is -1.63. The van der Waals surface area contributed by atoms with Gasteiger partial charge in [-0.05, 0) is 49.9 Å². The fourth-order valence-corrected chi connectivity index (χ4v) is 2.48. The van der Waals surface area contributed by atoms with Gasteiger partial charge in [-0.1, -0.05) is 0 Å². The number of amides is 2. The van der Waals surface area contributed by atoms with Crippen molar-refractivity contribution in [1.82, 2.24) is 5.32 Å². The summed E-state index contributed by atoms with van der Waals surface area (Å²) in [5.74, 6) is -0.166. The van der Waals surface area contributed by atoms with E-state index in [1.165, 1.54) is 0 Å². The van der Waals surface area contributed by atoms with Crippen molar-refractivity contribution < 1.29 is 14.3 Å². The fraction of sp³-hybridized carbons (Fsp3) is 0.500. The van der Waals surface area contributed by atoms with Crippen LogP contribution in [0.15, 0.2) is 24.3 Å². The van der Waals surface area contributed by atoms with E-state index in [1.54, 1.807) is 24.3 Å². The van der Waals surface area contributed by atoms with Gasteiger partial charge in [0.1, 0.15) is 0 Å². The van der Waals surface area contributed by atoms with Gasteiger partial charge in [0.25, 0.3) is 5.91 Å². The van der Waals surface area contributed by atoms with E-state index in [9.17, 15) is 9.59 Å². The van der Waals surface area contributed by atoms with Crippen LogP contribution in [0.25, 0.3) is 0 Å². The zero-order valence-electron chi connectivity index (χ0n) is 13.2. The minimum Gasteiger partial charge on any atom is -0.381 e. The first-order chi connectivity index (χ1) is 10.6. The quantitative estimate of drug-likeness (QED) is 0.757. The zero-order chi connectivity index (χ0) is 15.9. The van der Waals surface area contributed by atoms with Crippen LogP contribution in [-0.2, 0) is 9.53 Å². The van der Waals surface area contributed by atoms with Crippen LogP contribution in [0.1, 0.15) is 30.1 Å². The summed E-state index contributed by atoms with van der Waals surface area (Å²) in [5.41, 5.74) is 7.23. The summed E-state index contributed by atoms with van der Waals surface area (Å²) in [6.07, 6.45) is 1.62. The Morgan fingerprint density at radius 1 is 1.26 bits per heavy atom. The lowest BCUT2D eigenvalue weighted by atomic mass is 9.92. The highest BCUT2D eigenvalue weighted by molar-refractivity contribution is 5.97. The molecule has 1 unspecified atom stereocenters. The number of anilines is 1. The molecular weight excluding hydrogens is 318 g/mol. The second-order valence-electron chi connectivity index (χ2n) is 5.40. The number of rotatable bonds is 5. The SMILES string of the molecule is CCNC(=O)c1ccc(NC(=O)C(N)C2CCOCC2)cc1.Cl. The van der Waals surface area contributed by atoms with Crippen molar-refractivity contribution in [3.05, 3.63) is 29.8 Å². The highest BCUT2D eigenvalue weighted by Crippen LogP contribution is 2.19. The number of carbonyl (C=O) groups excluding carboxylic acids is 2. The molecule has 1 saturated heterocycles. The highest BCUT2D eigenvalue weighted by atomic mass is 35.5. The third kappa shape index (κ3) is 5.49. The van der Waals surface area contributed by atoms with Crippen LogP contribution in [-0.4, -0.2) is 37.6 Å². The summed E-state index contributed by atoms with van der Waals surface area (Å²) in [6, 6.07) is 6.24. The van der Waals surface area contributed by atoms with E-state index in [1.807, 2.05) is 6.92 Å². The van der Waals surface area contributed by atoms with Crippen LogP contribution in [0.2, 0.25) is 0 Å². The molecule has 7 heteroatoms. The number of nitrogens with one attached hydrogen (secondary N) is 2. The number of halogens is 1. The maximum Gasteiger partial charge on any atom is 0.251 e. The molecule has 2 rings (SSSR count). The maximum absolute atomic E-state index is 12.2. The van der Waals surface area contributed by atoms with E-state index in [0.717, 1.165) is 12.8 Å². The topological polar surface area (TPSA) is 93.5 Å². The number of nitrogens with two attached hydrogens (primary N) is 1. The lowest BCUT2D eigenvalue weighted by Gasteiger charge is -2.26. The average molecular weight is 342 g/mol. The Morgan fingerprint density at radius 2 is 1.87 bits per heavy atom. The van der Waals surface area contributed by atoms with Gasteiger partial charge < -0.3 is 21.1 Å². The molecule has 0 saturated carbocycles. The second-order valence-corrected chi connectivity index (χ2v) is 5.40. The molecule has 1 aliphatic heterocycles. The lowest BCUT2D eigenvalue weighted by molar-refractivity contribution is -0.119. The van der Waals surface area contributed by atoms with Gasteiger partial charge >= 0.3 is 0 Å². The number of ether oxygens (including phenoxy) is 1. The van der Waals surface area contributed by atoms with Gasteiger partial charge in [0.15, 0.2) is 0 Å². The molecule has 128 valence electrons. The molecule has 0 aliphatic carbocycles. The van der Waals surface area contributed by atoms with E-state index in [-0.39, 0.29) is 30.1 Å². The van der Waals surface area contributed by atoms with Crippen LogP contribution >= 0.6 is 12.4 Å². The Bertz CT molecular complexity index is 516. The van der Waals surface area contributed by atoms with Gasteiger partial charge in [-0.15, -0.1) is 12.4 Å². The van der Waals surface area contributed by atoms with E-state index in [0.29, 0.717) is 31.0 Å². The summed E-state index contributed by atoms with van der Waals surface area (Å²) in [4.78, 5) is 23.8. The molecule has 4 N–H and O–H groups in total. The van der Waals surface area contributed by atoms with Crippen molar-refractivity contribution in [2.75, 3.05) is 25.1 Å². The first kappa shape index (κ1) is 19.4. The standard InChI is InChI=1S/C16H23N3O3.ClH/c1-2-18-15(20)12-3-5-13(6-4-12)19-16(21)14(17)11-7-9-22-10-8-11;/h3-6,11,14H,2,7-10,17H2,1H3,(H,18,20)(H,19,21);1H. The third-order valence-electron chi connectivity index (χ3n) is 3.83. The number of carbonyl (C=O) groups is 2. The van der Waals surface area contributed by atoms with Gasteiger partial charge in [0.2, 0.25) is 5.91 Å². The highest BCUT2D eigenvalue weighted by Gasteiger charge is 2.26. The summed E-state index contributed by atoms with van der Waals surface area (Å²) < 4.78 is 5.28. The lowest BCUT2D eigenvalue weighted by Crippen LogP contribution is -2.44. The fourth-order valence-electron chi connectivity index (χ4n) is 2.48. The molecule has 1 aromatic carbocycles. The second kappa shape index (κ2) is 9.50. The van der Waals surface area contributed by atoms with Crippen molar-refractivity contribution in [1.29, 1.82) is 0 Å². The van der Waals surface area contributed by atoms with E-state index in [2.05, 4.69) is 10.6 Å². The molecular formula is C16H24ClN3O3. The number of hydrogen-bond acceptors (Lipinski definition) is 4. The molecule has 1 atom stereocenters. The Balaban J connectivity index is 0.00000264. The van der Waals surface area contributed by atoms with Crippen LogP contribution in [0, 0.1) is 5.92 Å². The zero-order valence-corrected chi connectivity index (χ0v) is 14.0. The number of benzene rings is 1. The monoisotopic (exact) mass is 341 g/mol. The molecule has 23 heavy (non-hydrogen) atoms. The van der Waals surface area contributed by atoms with Gasteiger partial charge in [0.05, 0.1) is 6.04 Å². The van der Waals surface area contributed by atoms with E-state index < -0.39 is 6.04 Å². The minimum atomic E-state index is -0.535. The van der Waals surface area contributed by atoms with Crippen molar-refractivity contribution in [3.8, 4) is 0 Å². The molecule has 0 bridgehead atoms. The minimum absolute atomic E-state index is 0. The Kier molecular flexibility index (Phi) is 8.02. The van der Waals surface area contributed by atoms with Gasteiger partial charge in [0, 0.05) is 31.0 Å². The molecule has 1 aromatic rings. The summed E-state index contributed by atoms with van der Waals surface area (Å²) >= 11 is 0. The summed E-state index contributed by atoms with van der Waals surface area (Å²) in [7, 11) is 0. The van der Waals surface area contributed by atoms with Gasteiger partial charge in [-0.25, -0.2) is 0 Å². The predicted octanol–water partition coefficient (Wildman–Crippen LogP) is 1.55. The van der Waals surface area contributed by atoms with Gasteiger partial charge in [-0.3, -0.25) is 9.59 Å². The molecule has 0 radical (unpaired) electrons.